The average Bonchev–Trinajstić information content (AvgIpc) is 2.69. The summed E-state index contributed by atoms with van der Waals surface area (Å²) in [5.41, 5.74) is 13.2. The quantitative estimate of drug-likeness (QED) is 0.540. The molecule has 0 spiro atoms. The Labute approximate surface area is 167 Å². The Morgan fingerprint density at radius 3 is 2.50 bits per heavy atom. The summed E-state index contributed by atoms with van der Waals surface area (Å²) in [5.74, 6) is 0.899. The summed E-state index contributed by atoms with van der Waals surface area (Å²) >= 11 is 6.39. The monoisotopic (exact) mass is 393 g/mol. The van der Waals surface area contributed by atoms with E-state index in [1.165, 1.54) is 0 Å². The van der Waals surface area contributed by atoms with Gasteiger partial charge < -0.3 is 16.4 Å². The van der Waals surface area contributed by atoms with Crippen molar-refractivity contribution in [3.05, 3.63) is 53.2 Å². The molecule has 0 saturated heterocycles. The van der Waals surface area contributed by atoms with Gasteiger partial charge in [0.25, 0.3) is 0 Å². The molecule has 4 N–H and O–H groups in total. The van der Waals surface area contributed by atoms with Crippen LogP contribution in [0.15, 0.2) is 42.6 Å². The van der Waals surface area contributed by atoms with Gasteiger partial charge in [0.15, 0.2) is 5.65 Å². The highest BCUT2D eigenvalue weighted by Gasteiger charge is 2.21. The lowest BCUT2D eigenvalue weighted by atomic mass is 9.96. The first-order valence-corrected chi connectivity index (χ1v) is 9.33. The summed E-state index contributed by atoms with van der Waals surface area (Å²) in [6.07, 6.45) is 2.49. The molecular weight excluding hydrogens is 374 g/mol. The van der Waals surface area contributed by atoms with Crippen molar-refractivity contribution >= 4 is 51.1 Å². The third-order valence-corrected chi connectivity index (χ3v) is 5.25. The number of benzene rings is 2. The highest BCUT2D eigenvalue weighted by Crippen LogP contribution is 2.35. The Balaban J connectivity index is 1.81. The maximum absolute atomic E-state index is 6.39. The van der Waals surface area contributed by atoms with Crippen LogP contribution in [-0.4, -0.2) is 27.0 Å². The van der Waals surface area contributed by atoms with Crippen LogP contribution in [0.1, 0.15) is 24.9 Å². The Bertz CT molecular complexity index is 1180. The number of anilines is 3. The highest BCUT2D eigenvalue weighted by molar-refractivity contribution is 6.35. The lowest BCUT2D eigenvalue weighted by Crippen LogP contribution is -2.26. The predicted molar refractivity (Wildman–Crippen MR) is 114 cm³/mol. The zero-order chi connectivity index (χ0) is 19.8. The molecule has 8 heteroatoms. The van der Waals surface area contributed by atoms with Crippen molar-refractivity contribution in [2.45, 2.75) is 19.4 Å². The molecule has 0 radical (unpaired) electrons. The molecule has 1 atom stereocenters. The van der Waals surface area contributed by atoms with Crippen LogP contribution in [0.5, 0.6) is 0 Å². The molecule has 2 aromatic heterocycles. The molecule has 2 heterocycles. The fraction of sp³-hybridized carbons (Fsp3) is 0.200. The maximum Gasteiger partial charge on any atom is 0.227 e. The standard InChI is InChI=1S/C20H20ClN7/c1-3-16(13-8-9-15(21)12-7-5-4-6-11(12)13)28(2)20-24-10-14-17(22)25-19(23)26-18(14)27-20/h4-10,16H,3H2,1-2H3,(H4,22,23,24,25,26,27). The van der Waals surface area contributed by atoms with Gasteiger partial charge in [-0.05, 0) is 23.4 Å². The van der Waals surface area contributed by atoms with Crippen molar-refractivity contribution < 1.29 is 0 Å². The largest absolute Gasteiger partial charge is 0.383 e. The van der Waals surface area contributed by atoms with Crippen LogP contribution in [0, 0.1) is 0 Å². The number of nitrogens with two attached hydrogens (primary N) is 2. The minimum atomic E-state index is 0.0520. The summed E-state index contributed by atoms with van der Waals surface area (Å²) in [6.45, 7) is 2.13. The SMILES string of the molecule is CCC(c1ccc(Cl)c2ccccc12)N(C)c1ncc2c(N)nc(N)nc2n1. The van der Waals surface area contributed by atoms with Crippen molar-refractivity contribution in [1.82, 2.24) is 19.9 Å². The molecule has 4 rings (SSSR count). The number of hydrogen-bond donors (Lipinski definition) is 2. The fourth-order valence-electron chi connectivity index (χ4n) is 3.53. The Morgan fingerprint density at radius 2 is 1.75 bits per heavy atom. The van der Waals surface area contributed by atoms with E-state index in [0.717, 1.165) is 27.8 Å². The Kier molecular flexibility index (Phi) is 4.60. The zero-order valence-electron chi connectivity index (χ0n) is 15.6. The van der Waals surface area contributed by atoms with Gasteiger partial charge in [-0.2, -0.15) is 15.0 Å². The highest BCUT2D eigenvalue weighted by atomic mass is 35.5. The van der Waals surface area contributed by atoms with Gasteiger partial charge in [-0.1, -0.05) is 48.9 Å². The van der Waals surface area contributed by atoms with Crippen LogP contribution < -0.4 is 16.4 Å². The number of nitrogen functional groups attached to an aromatic ring is 2. The third-order valence-electron chi connectivity index (χ3n) is 4.92. The number of fused-ring (bicyclic) bond motifs is 2. The molecule has 0 saturated carbocycles. The normalized spacial score (nSPS) is 12.4. The Hall–Kier alpha value is -3.19. The second-order valence-electron chi connectivity index (χ2n) is 6.59. The molecule has 4 aromatic rings. The van der Waals surface area contributed by atoms with E-state index in [9.17, 15) is 0 Å². The molecule has 0 aliphatic heterocycles. The zero-order valence-corrected chi connectivity index (χ0v) is 16.4. The smallest absolute Gasteiger partial charge is 0.227 e. The molecule has 0 fully saturated rings. The van der Waals surface area contributed by atoms with Crippen LogP contribution in [0.25, 0.3) is 21.8 Å². The van der Waals surface area contributed by atoms with E-state index < -0.39 is 0 Å². The van der Waals surface area contributed by atoms with Gasteiger partial charge in [0, 0.05) is 23.7 Å². The summed E-state index contributed by atoms with van der Waals surface area (Å²) in [7, 11) is 1.96. The van der Waals surface area contributed by atoms with E-state index in [1.807, 2.05) is 36.2 Å². The molecule has 28 heavy (non-hydrogen) atoms. The summed E-state index contributed by atoms with van der Waals surface area (Å²) < 4.78 is 0. The summed E-state index contributed by atoms with van der Waals surface area (Å²) in [6, 6.07) is 12.2. The van der Waals surface area contributed by atoms with Gasteiger partial charge in [-0.15, -0.1) is 0 Å². The van der Waals surface area contributed by atoms with Crippen molar-refractivity contribution in [2.75, 3.05) is 23.4 Å². The van der Waals surface area contributed by atoms with Gasteiger partial charge in [-0.3, -0.25) is 0 Å². The van der Waals surface area contributed by atoms with Crippen LogP contribution in [0.4, 0.5) is 17.7 Å². The minimum Gasteiger partial charge on any atom is -0.383 e. The van der Waals surface area contributed by atoms with Crippen molar-refractivity contribution in [3.63, 3.8) is 0 Å². The number of rotatable bonds is 4. The summed E-state index contributed by atoms with van der Waals surface area (Å²) in [5, 5.41) is 3.46. The first-order chi connectivity index (χ1) is 13.5. The second-order valence-corrected chi connectivity index (χ2v) is 7.00. The van der Waals surface area contributed by atoms with E-state index >= 15 is 0 Å². The topological polar surface area (TPSA) is 107 Å². The third kappa shape index (κ3) is 3.03. The summed E-state index contributed by atoms with van der Waals surface area (Å²) in [4.78, 5) is 19.2. The first-order valence-electron chi connectivity index (χ1n) is 8.95. The van der Waals surface area contributed by atoms with Gasteiger partial charge in [0.1, 0.15) is 5.82 Å². The van der Waals surface area contributed by atoms with Gasteiger partial charge >= 0.3 is 0 Å². The number of hydrogen-bond acceptors (Lipinski definition) is 7. The predicted octanol–water partition coefficient (Wildman–Crippen LogP) is 3.98. The van der Waals surface area contributed by atoms with Crippen LogP contribution in [0.2, 0.25) is 5.02 Å². The number of nitrogens with zero attached hydrogens (tertiary/aromatic N) is 5. The van der Waals surface area contributed by atoms with E-state index in [1.54, 1.807) is 6.20 Å². The molecule has 0 bridgehead atoms. The van der Waals surface area contributed by atoms with Crippen LogP contribution >= 0.6 is 11.6 Å². The van der Waals surface area contributed by atoms with E-state index in [0.29, 0.717) is 17.0 Å². The number of halogens is 1. The van der Waals surface area contributed by atoms with E-state index in [-0.39, 0.29) is 17.8 Å². The van der Waals surface area contributed by atoms with Gasteiger partial charge in [0.2, 0.25) is 11.9 Å². The van der Waals surface area contributed by atoms with E-state index in [4.69, 9.17) is 23.1 Å². The molecule has 7 nitrogen and oxygen atoms in total. The molecule has 0 aliphatic rings. The van der Waals surface area contributed by atoms with Crippen molar-refractivity contribution in [3.8, 4) is 0 Å². The first kappa shape index (κ1) is 18.2. The molecule has 0 aliphatic carbocycles. The lowest BCUT2D eigenvalue weighted by Gasteiger charge is -2.29. The number of aromatic nitrogens is 4. The van der Waals surface area contributed by atoms with Crippen LogP contribution in [-0.2, 0) is 0 Å². The maximum atomic E-state index is 6.39. The van der Waals surface area contributed by atoms with Gasteiger partial charge in [0.05, 0.1) is 11.4 Å². The molecule has 1 unspecified atom stereocenters. The minimum absolute atomic E-state index is 0.0520. The van der Waals surface area contributed by atoms with Gasteiger partial charge in [-0.25, -0.2) is 4.98 Å². The lowest BCUT2D eigenvalue weighted by molar-refractivity contribution is 0.639. The molecule has 2 aromatic carbocycles. The average molecular weight is 394 g/mol. The second kappa shape index (κ2) is 7.09. The molecular formula is C20H20ClN7. The Morgan fingerprint density at radius 1 is 1.00 bits per heavy atom. The molecule has 142 valence electrons. The fourth-order valence-corrected chi connectivity index (χ4v) is 3.76. The van der Waals surface area contributed by atoms with Crippen molar-refractivity contribution in [1.29, 1.82) is 0 Å². The van der Waals surface area contributed by atoms with Crippen LogP contribution in [0.3, 0.4) is 0 Å². The molecule has 0 amide bonds. The van der Waals surface area contributed by atoms with E-state index in [2.05, 4.69) is 39.0 Å². The van der Waals surface area contributed by atoms with Crippen molar-refractivity contribution in [2.24, 2.45) is 0 Å².